The van der Waals surface area contributed by atoms with E-state index in [1.54, 1.807) is 0 Å². The molecule has 3 saturated heterocycles. The third kappa shape index (κ3) is 2.72. The zero-order chi connectivity index (χ0) is 12.4. The van der Waals surface area contributed by atoms with E-state index in [0.29, 0.717) is 5.54 Å². The molecular weight excluding hydrogens is 226 g/mol. The highest BCUT2D eigenvalue weighted by atomic mass is 16.5. The predicted molar refractivity (Wildman–Crippen MR) is 71.6 cm³/mol. The molecule has 0 atom stereocenters. The second-order valence-electron chi connectivity index (χ2n) is 6.59. The van der Waals surface area contributed by atoms with Gasteiger partial charge in [-0.3, -0.25) is 4.90 Å². The Morgan fingerprint density at radius 2 is 1.78 bits per heavy atom. The first kappa shape index (κ1) is 12.9. The van der Waals surface area contributed by atoms with Crippen LogP contribution in [0.2, 0.25) is 0 Å². The molecule has 0 aromatic carbocycles. The molecule has 0 bridgehead atoms. The molecule has 0 aliphatic carbocycles. The topological polar surface area (TPSA) is 32.3 Å². The van der Waals surface area contributed by atoms with E-state index < -0.39 is 0 Å². The third-order valence-electron chi connectivity index (χ3n) is 5.04. The number of piperazine rings is 1. The number of quaternary nitrogens is 1. The average Bonchev–Trinajstić information content (AvgIpc) is 2.38. The summed E-state index contributed by atoms with van der Waals surface area (Å²) in [7, 11) is 0. The molecule has 0 aromatic heterocycles. The molecule has 4 nitrogen and oxygen atoms in total. The zero-order valence-electron chi connectivity index (χ0n) is 11.7. The maximum absolute atomic E-state index is 5.38. The molecule has 0 unspecified atom stereocenters. The van der Waals surface area contributed by atoms with E-state index in [1.165, 1.54) is 58.7 Å². The molecule has 0 radical (unpaired) electrons. The van der Waals surface area contributed by atoms with Gasteiger partial charge in [0.05, 0.1) is 31.8 Å². The SMILES string of the molecule is CC1(N2CCN(CC3CC[NH2+]CC3)CC2)COC1. The van der Waals surface area contributed by atoms with Gasteiger partial charge in [0.25, 0.3) is 0 Å². The highest BCUT2D eigenvalue weighted by Crippen LogP contribution is 2.25. The van der Waals surface area contributed by atoms with Crippen LogP contribution in [-0.2, 0) is 4.74 Å². The summed E-state index contributed by atoms with van der Waals surface area (Å²) in [6.07, 6.45) is 2.84. The smallest absolute Gasteiger partial charge is 0.0758 e. The van der Waals surface area contributed by atoms with Crippen molar-refractivity contribution in [2.24, 2.45) is 5.92 Å². The fourth-order valence-electron chi connectivity index (χ4n) is 3.59. The van der Waals surface area contributed by atoms with Crippen molar-refractivity contribution >= 4 is 0 Å². The van der Waals surface area contributed by atoms with Gasteiger partial charge in [-0.25, -0.2) is 0 Å². The van der Waals surface area contributed by atoms with E-state index in [-0.39, 0.29) is 0 Å². The first-order valence-corrected chi connectivity index (χ1v) is 7.63. The van der Waals surface area contributed by atoms with Crippen LogP contribution in [0.5, 0.6) is 0 Å². The van der Waals surface area contributed by atoms with E-state index in [9.17, 15) is 0 Å². The van der Waals surface area contributed by atoms with Crippen LogP contribution in [0.4, 0.5) is 0 Å². The quantitative estimate of drug-likeness (QED) is 0.728. The first-order valence-electron chi connectivity index (χ1n) is 7.63. The summed E-state index contributed by atoms with van der Waals surface area (Å²) in [6, 6.07) is 0. The Labute approximate surface area is 111 Å². The van der Waals surface area contributed by atoms with E-state index in [4.69, 9.17) is 4.74 Å². The number of nitrogens with zero attached hydrogens (tertiary/aromatic N) is 2. The van der Waals surface area contributed by atoms with Crippen LogP contribution < -0.4 is 5.32 Å². The Morgan fingerprint density at radius 3 is 2.33 bits per heavy atom. The van der Waals surface area contributed by atoms with Crippen LogP contribution in [0.15, 0.2) is 0 Å². The van der Waals surface area contributed by atoms with Crippen LogP contribution in [0.1, 0.15) is 19.8 Å². The molecule has 104 valence electrons. The highest BCUT2D eigenvalue weighted by molar-refractivity contribution is 4.94. The highest BCUT2D eigenvalue weighted by Gasteiger charge is 2.40. The van der Waals surface area contributed by atoms with E-state index in [0.717, 1.165) is 19.1 Å². The minimum atomic E-state index is 0.353. The molecule has 3 heterocycles. The maximum atomic E-state index is 5.38. The second-order valence-corrected chi connectivity index (χ2v) is 6.59. The molecule has 0 spiro atoms. The minimum absolute atomic E-state index is 0.353. The second kappa shape index (κ2) is 5.45. The van der Waals surface area contributed by atoms with Gasteiger partial charge < -0.3 is 15.0 Å². The number of hydrogen-bond donors (Lipinski definition) is 1. The Balaban J connectivity index is 1.42. The summed E-state index contributed by atoms with van der Waals surface area (Å²) in [6.45, 7) is 13.2. The molecule has 3 fully saturated rings. The lowest BCUT2D eigenvalue weighted by molar-refractivity contribution is -0.664. The largest absolute Gasteiger partial charge is 0.377 e. The lowest BCUT2D eigenvalue weighted by atomic mass is 9.95. The molecule has 3 rings (SSSR count). The molecule has 2 N–H and O–H groups in total. The van der Waals surface area contributed by atoms with Crippen LogP contribution in [0.25, 0.3) is 0 Å². The molecule has 0 saturated carbocycles. The normalized spacial score (nSPS) is 31.2. The first-order chi connectivity index (χ1) is 8.76. The van der Waals surface area contributed by atoms with Gasteiger partial charge in [0.2, 0.25) is 0 Å². The molecule has 0 aromatic rings. The summed E-state index contributed by atoms with van der Waals surface area (Å²) < 4.78 is 5.38. The summed E-state index contributed by atoms with van der Waals surface area (Å²) in [4.78, 5) is 5.33. The lowest BCUT2D eigenvalue weighted by Gasteiger charge is -2.50. The minimum Gasteiger partial charge on any atom is -0.377 e. The van der Waals surface area contributed by atoms with Crippen molar-refractivity contribution in [1.82, 2.24) is 9.80 Å². The van der Waals surface area contributed by atoms with Crippen molar-refractivity contribution in [1.29, 1.82) is 0 Å². The van der Waals surface area contributed by atoms with Gasteiger partial charge in [0, 0.05) is 45.6 Å². The van der Waals surface area contributed by atoms with Crippen molar-refractivity contribution in [2.75, 3.05) is 59.0 Å². The van der Waals surface area contributed by atoms with Gasteiger partial charge in [0.1, 0.15) is 0 Å². The van der Waals surface area contributed by atoms with Crippen molar-refractivity contribution in [3.63, 3.8) is 0 Å². The van der Waals surface area contributed by atoms with Gasteiger partial charge in [-0.15, -0.1) is 0 Å². The molecule has 3 aliphatic heterocycles. The molecule has 18 heavy (non-hydrogen) atoms. The Bertz CT molecular complexity index is 266. The summed E-state index contributed by atoms with van der Waals surface area (Å²) in [5, 5.41) is 2.46. The Morgan fingerprint density at radius 1 is 1.11 bits per heavy atom. The Kier molecular flexibility index (Phi) is 3.89. The third-order valence-corrected chi connectivity index (χ3v) is 5.04. The number of nitrogens with two attached hydrogens (primary N) is 1. The van der Waals surface area contributed by atoms with E-state index in [2.05, 4.69) is 22.0 Å². The number of ether oxygens (including phenoxy) is 1. The fraction of sp³-hybridized carbons (Fsp3) is 1.00. The van der Waals surface area contributed by atoms with Crippen molar-refractivity contribution in [3.8, 4) is 0 Å². The Hall–Kier alpha value is -0.160. The van der Waals surface area contributed by atoms with Crippen molar-refractivity contribution in [2.45, 2.75) is 25.3 Å². The lowest BCUT2D eigenvalue weighted by Crippen LogP contribution is -2.86. The van der Waals surface area contributed by atoms with Crippen molar-refractivity contribution < 1.29 is 10.1 Å². The van der Waals surface area contributed by atoms with Gasteiger partial charge in [-0.1, -0.05) is 0 Å². The number of rotatable bonds is 3. The van der Waals surface area contributed by atoms with E-state index >= 15 is 0 Å². The number of piperidine rings is 1. The monoisotopic (exact) mass is 254 g/mol. The molecule has 0 amide bonds. The molecule has 3 aliphatic rings. The van der Waals surface area contributed by atoms with Crippen LogP contribution >= 0.6 is 0 Å². The summed E-state index contributed by atoms with van der Waals surface area (Å²) in [5.41, 5.74) is 0.353. The van der Waals surface area contributed by atoms with Crippen LogP contribution in [-0.4, -0.2) is 74.4 Å². The van der Waals surface area contributed by atoms with Crippen molar-refractivity contribution in [3.05, 3.63) is 0 Å². The van der Waals surface area contributed by atoms with Crippen LogP contribution in [0, 0.1) is 5.92 Å². The zero-order valence-corrected chi connectivity index (χ0v) is 11.7. The predicted octanol–water partition coefficient (Wildman–Crippen LogP) is -0.634. The van der Waals surface area contributed by atoms with E-state index in [1.807, 2.05) is 0 Å². The molecule has 4 heteroatoms. The molecular formula is C14H28N3O+. The summed E-state index contributed by atoms with van der Waals surface area (Å²) >= 11 is 0. The average molecular weight is 254 g/mol. The van der Waals surface area contributed by atoms with Gasteiger partial charge >= 0.3 is 0 Å². The van der Waals surface area contributed by atoms with Gasteiger partial charge in [-0.2, -0.15) is 0 Å². The summed E-state index contributed by atoms with van der Waals surface area (Å²) in [5.74, 6) is 0.962. The maximum Gasteiger partial charge on any atom is 0.0758 e. The van der Waals surface area contributed by atoms with Gasteiger partial charge in [-0.05, 0) is 12.8 Å². The number of hydrogen-bond acceptors (Lipinski definition) is 3. The van der Waals surface area contributed by atoms with Gasteiger partial charge in [0.15, 0.2) is 0 Å². The fourth-order valence-corrected chi connectivity index (χ4v) is 3.59. The standard InChI is InChI=1S/C14H27N3O/c1-14(11-18-12-14)17-8-6-16(7-9-17)10-13-2-4-15-5-3-13/h13,15H,2-12H2,1H3/p+1. The van der Waals surface area contributed by atoms with Crippen LogP contribution in [0.3, 0.4) is 0 Å².